The summed E-state index contributed by atoms with van der Waals surface area (Å²) in [7, 11) is 0. The Labute approximate surface area is 86.2 Å². The van der Waals surface area contributed by atoms with E-state index in [2.05, 4.69) is 10.1 Å². The standard InChI is InChI=1S/C8H11ClN2OS/c1-5(9)7-10-8(12-11-7)6-3-2-4-13-6/h5-6H,2-4H2,1H3. The summed E-state index contributed by atoms with van der Waals surface area (Å²) in [5, 5.41) is 4.07. The van der Waals surface area contributed by atoms with E-state index in [1.165, 1.54) is 12.2 Å². The molecule has 0 N–H and O–H groups in total. The molecule has 0 radical (unpaired) electrons. The summed E-state index contributed by atoms with van der Waals surface area (Å²) < 4.78 is 5.14. The van der Waals surface area contributed by atoms with Crippen molar-refractivity contribution in [2.45, 2.75) is 30.4 Å². The monoisotopic (exact) mass is 218 g/mol. The third kappa shape index (κ3) is 1.99. The number of aromatic nitrogens is 2. The van der Waals surface area contributed by atoms with Gasteiger partial charge in [-0.1, -0.05) is 5.16 Å². The van der Waals surface area contributed by atoms with Crippen LogP contribution in [0.15, 0.2) is 4.52 Å². The lowest BCUT2D eigenvalue weighted by Crippen LogP contribution is -1.91. The Balaban J connectivity index is 2.12. The lowest BCUT2D eigenvalue weighted by Gasteiger charge is -1.98. The predicted molar refractivity (Wildman–Crippen MR) is 53.0 cm³/mol. The predicted octanol–water partition coefficient (Wildman–Crippen LogP) is 2.94. The molecule has 0 bridgehead atoms. The van der Waals surface area contributed by atoms with Gasteiger partial charge in [-0.15, -0.1) is 23.4 Å². The fraction of sp³-hybridized carbons (Fsp3) is 0.750. The van der Waals surface area contributed by atoms with Crippen LogP contribution in [-0.4, -0.2) is 15.9 Å². The Morgan fingerprint density at radius 3 is 3.08 bits per heavy atom. The third-order valence-corrected chi connectivity index (χ3v) is 3.58. The molecule has 5 heteroatoms. The van der Waals surface area contributed by atoms with Crippen molar-refractivity contribution in [3.05, 3.63) is 11.7 Å². The minimum Gasteiger partial charge on any atom is -0.338 e. The van der Waals surface area contributed by atoms with Crippen LogP contribution in [0.5, 0.6) is 0 Å². The Morgan fingerprint density at radius 2 is 2.54 bits per heavy atom. The molecule has 2 atom stereocenters. The summed E-state index contributed by atoms with van der Waals surface area (Å²) in [6.07, 6.45) is 2.38. The summed E-state index contributed by atoms with van der Waals surface area (Å²) >= 11 is 7.71. The minimum atomic E-state index is -0.163. The maximum Gasteiger partial charge on any atom is 0.239 e. The van der Waals surface area contributed by atoms with E-state index in [1.807, 2.05) is 18.7 Å². The first-order chi connectivity index (χ1) is 6.27. The molecule has 1 aliphatic heterocycles. The SMILES string of the molecule is CC(Cl)c1noc(C2CCCS2)n1. The number of thioether (sulfide) groups is 1. The molecule has 2 heterocycles. The number of hydrogen-bond acceptors (Lipinski definition) is 4. The molecular weight excluding hydrogens is 208 g/mol. The van der Waals surface area contributed by atoms with E-state index in [1.54, 1.807) is 0 Å². The molecule has 1 aliphatic rings. The first-order valence-electron chi connectivity index (χ1n) is 4.36. The molecule has 0 spiro atoms. The lowest BCUT2D eigenvalue weighted by molar-refractivity contribution is 0.370. The quantitative estimate of drug-likeness (QED) is 0.716. The summed E-state index contributed by atoms with van der Waals surface area (Å²) in [6, 6.07) is 0. The fourth-order valence-corrected chi connectivity index (χ4v) is 2.59. The number of alkyl halides is 1. The molecule has 0 amide bonds. The van der Waals surface area contributed by atoms with Crippen LogP contribution in [0.25, 0.3) is 0 Å². The normalized spacial score (nSPS) is 24.9. The van der Waals surface area contributed by atoms with Gasteiger partial charge in [0.25, 0.3) is 0 Å². The number of nitrogens with zero attached hydrogens (tertiary/aromatic N) is 2. The van der Waals surface area contributed by atoms with E-state index in [0.29, 0.717) is 11.1 Å². The van der Waals surface area contributed by atoms with Crippen LogP contribution in [0.4, 0.5) is 0 Å². The highest BCUT2D eigenvalue weighted by Gasteiger charge is 2.24. The fourth-order valence-electron chi connectivity index (χ4n) is 1.31. The zero-order valence-corrected chi connectivity index (χ0v) is 8.94. The molecule has 1 fully saturated rings. The van der Waals surface area contributed by atoms with E-state index < -0.39 is 0 Å². The molecule has 1 saturated heterocycles. The van der Waals surface area contributed by atoms with Gasteiger partial charge in [0, 0.05) is 0 Å². The maximum absolute atomic E-state index is 5.83. The molecule has 1 aromatic rings. The third-order valence-electron chi connectivity index (χ3n) is 2.02. The average molecular weight is 219 g/mol. The zero-order chi connectivity index (χ0) is 9.26. The molecule has 0 aliphatic carbocycles. The summed E-state index contributed by atoms with van der Waals surface area (Å²) in [6.45, 7) is 1.85. The van der Waals surface area contributed by atoms with Gasteiger partial charge in [0.2, 0.25) is 5.89 Å². The molecule has 13 heavy (non-hydrogen) atoms. The van der Waals surface area contributed by atoms with Crippen molar-refractivity contribution in [2.24, 2.45) is 0 Å². The van der Waals surface area contributed by atoms with E-state index >= 15 is 0 Å². The Morgan fingerprint density at radius 1 is 1.69 bits per heavy atom. The van der Waals surface area contributed by atoms with E-state index in [0.717, 1.165) is 12.3 Å². The second-order valence-electron chi connectivity index (χ2n) is 3.11. The van der Waals surface area contributed by atoms with Crippen molar-refractivity contribution in [1.82, 2.24) is 10.1 Å². The van der Waals surface area contributed by atoms with Crippen LogP contribution in [0, 0.1) is 0 Å². The van der Waals surface area contributed by atoms with Gasteiger partial charge < -0.3 is 4.52 Å². The van der Waals surface area contributed by atoms with E-state index in [4.69, 9.17) is 16.1 Å². The first kappa shape index (κ1) is 9.34. The van der Waals surface area contributed by atoms with Crippen molar-refractivity contribution in [2.75, 3.05) is 5.75 Å². The topological polar surface area (TPSA) is 38.9 Å². The second-order valence-corrected chi connectivity index (χ2v) is 5.07. The number of rotatable bonds is 2. The summed E-state index contributed by atoms with van der Waals surface area (Å²) in [4.78, 5) is 4.26. The molecular formula is C8H11ClN2OS. The summed E-state index contributed by atoms with van der Waals surface area (Å²) in [5.74, 6) is 2.54. The minimum absolute atomic E-state index is 0.163. The van der Waals surface area contributed by atoms with Crippen LogP contribution in [0.1, 0.15) is 42.1 Å². The Kier molecular flexibility index (Phi) is 2.79. The summed E-state index contributed by atoms with van der Waals surface area (Å²) in [5.41, 5.74) is 0. The van der Waals surface area contributed by atoms with Crippen molar-refractivity contribution in [3.63, 3.8) is 0 Å². The molecule has 0 aromatic carbocycles. The van der Waals surface area contributed by atoms with Crippen LogP contribution in [0.2, 0.25) is 0 Å². The Bertz CT molecular complexity index is 283. The van der Waals surface area contributed by atoms with Gasteiger partial charge >= 0.3 is 0 Å². The highest BCUT2D eigenvalue weighted by Crippen LogP contribution is 2.39. The largest absolute Gasteiger partial charge is 0.338 e. The van der Waals surface area contributed by atoms with Crippen molar-refractivity contribution in [1.29, 1.82) is 0 Å². The highest BCUT2D eigenvalue weighted by atomic mass is 35.5. The van der Waals surface area contributed by atoms with Crippen LogP contribution >= 0.6 is 23.4 Å². The molecule has 0 saturated carbocycles. The molecule has 1 aromatic heterocycles. The maximum atomic E-state index is 5.83. The van der Waals surface area contributed by atoms with Crippen molar-refractivity contribution >= 4 is 23.4 Å². The van der Waals surface area contributed by atoms with Crippen molar-refractivity contribution < 1.29 is 4.52 Å². The van der Waals surface area contributed by atoms with Crippen LogP contribution < -0.4 is 0 Å². The highest BCUT2D eigenvalue weighted by molar-refractivity contribution is 7.99. The van der Waals surface area contributed by atoms with Gasteiger partial charge in [0.05, 0.1) is 10.6 Å². The van der Waals surface area contributed by atoms with Gasteiger partial charge in [-0.3, -0.25) is 0 Å². The molecule has 3 nitrogen and oxygen atoms in total. The lowest BCUT2D eigenvalue weighted by atomic mass is 10.2. The number of halogens is 1. The first-order valence-corrected chi connectivity index (χ1v) is 5.85. The van der Waals surface area contributed by atoms with E-state index in [-0.39, 0.29) is 5.38 Å². The number of hydrogen-bond donors (Lipinski definition) is 0. The molecule has 2 rings (SSSR count). The van der Waals surface area contributed by atoms with E-state index in [9.17, 15) is 0 Å². The molecule has 72 valence electrons. The van der Waals surface area contributed by atoms with Gasteiger partial charge in [0.1, 0.15) is 0 Å². The van der Waals surface area contributed by atoms with Crippen LogP contribution in [-0.2, 0) is 0 Å². The van der Waals surface area contributed by atoms with Gasteiger partial charge in [0.15, 0.2) is 5.82 Å². The smallest absolute Gasteiger partial charge is 0.239 e. The average Bonchev–Trinajstić information content (AvgIpc) is 2.75. The van der Waals surface area contributed by atoms with Gasteiger partial charge in [-0.05, 0) is 25.5 Å². The van der Waals surface area contributed by atoms with Gasteiger partial charge in [-0.25, -0.2) is 0 Å². The van der Waals surface area contributed by atoms with Crippen LogP contribution in [0.3, 0.4) is 0 Å². The Hall–Kier alpha value is -0.220. The molecule has 2 unspecified atom stereocenters. The van der Waals surface area contributed by atoms with Crippen molar-refractivity contribution in [3.8, 4) is 0 Å². The second kappa shape index (κ2) is 3.88. The van der Waals surface area contributed by atoms with Gasteiger partial charge in [-0.2, -0.15) is 4.98 Å². The zero-order valence-electron chi connectivity index (χ0n) is 7.36.